The number of amides is 1. The van der Waals surface area contributed by atoms with Crippen LogP contribution in [-0.4, -0.2) is 33.0 Å². The van der Waals surface area contributed by atoms with Crippen molar-refractivity contribution in [1.29, 1.82) is 0 Å². The first-order valence-corrected chi connectivity index (χ1v) is 9.28. The molecule has 2 N–H and O–H groups in total. The lowest BCUT2D eigenvalue weighted by atomic mass is 10.3. The van der Waals surface area contributed by atoms with Crippen LogP contribution in [-0.2, 0) is 11.3 Å². The highest BCUT2D eigenvalue weighted by molar-refractivity contribution is 7.99. The molecule has 1 amide bonds. The van der Waals surface area contributed by atoms with Crippen molar-refractivity contribution in [3.05, 3.63) is 48.7 Å². The molecule has 0 radical (unpaired) electrons. The molecule has 3 rings (SSSR count). The van der Waals surface area contributed by atoms with Crippen LogP contribution < -0.4 is 10.5 Å². The van der Waals surface area contributed by atoms with E-state index in [1.807, 2.05) is 41.0 Å². The van der Waals surface area contributed by atoms with Crippen LogP contribution in [0.4, 0.5) is 0 Å². The van der Waals surface area contributed by atoms with E-state index in [1.165, 1.54) is 0 Å². The lowest BCUT2D eigenvalue weighted by Gasteiger charge is -2.08. The fraction of sp³-hybridized carbons (Fsp3) is 0.278. The van der Waals surface area contributed by atoms with E-state index in [0.29, 0.717) is 24.7 Å². The highest BCUT2D eigenvalue weighted by atomic mass is 32.2. The smallest absolute Gasteiger partial charge is 0.219 e. The molecule has 0 fully saturated rings. The van der Waals surface area contributed by atoms with Crippen LogP contribution in [0.3, 0.4) is 0 Å². The molecule has 0 unspecified atom stereocenters. The topological polar surface area (TPSA) is 96.2 Å². The fourth-order valence-corrected chi connectivity index (χ4v) is 3.21. The summed E-state index contributed by atoms with van der Waals surface area (Å²) in [5.41, 5.74) is 5.28. The highest BCUT2D eigenvalue weighted by Gasteiger charge is 2.16. The molecule has 0 bridgehead atoms. The van der Waals surface area contributed by atoms with E-state index >= 15 is 0 Å². The number of para-hydroxylation sites is 1. The number of ether oxygens (including phenoxy) is 1. The second-order valence-corrected chi connectivity index (χ2v) is 6.58. The molecule has 0 aliphatic rings. The molecule has 0 atom stereocenters. The summed E-state index contributed by atoms with van der Waals surface area (Å²) in [6.45, 7) is 1.04. The third-order valence-electron chi connectivity index (χ3n) is 3.57. The fourth-order valence-electron chi connectivity index (χ4n) is 2.34. The maximum atomic E-state index is 11.2. The van der Waals surface area contributed by atoms with Crippen molar-refractivity contribution in [3.8, 4) is 17.3 Å². The minimum Gasteiger partial charge on any atom is -0.494 e. The number of carbonyl (C=O) groups excluding carboxylic acids is 1. The van der Waals surface area contributed by atoms with Crippen molar-refractivity contribution in [2.24, 2.45) is 5.73 Å². The van der Waals surface area contributed by atoms with Gasteiger partial charge in [-0.25, -0.2) is 0 Å². The van der Waals surface area contributed by atoms with E-state index in [9.17, 15) is 4.79 Å². The van der Waals surface area contributed by atoms with Gasteiger partial charge in [-0.2, -0.15) is 0 Å². The Balaban J connectivity index is 1.57. The van der Waals surface area contributed by atoms with Gasteiger partial charge in [-0.15, -0.1) is 10.2 Å². The number of rotatable bonds is 10. The summed E-state index contributed by atoms with van der Waals surface area (Å²) in [5, 5.41) is 9.16. The molecule has 2 heterocycles. The van der Waals surface area contributed by atoms with Crippen LogP contribution in [0.1, 0.15) is 12.8 Å². The van der Waals surface area contributed by atoms with Crippen molar-refractivity contribution in [2.45, 2.75) is 24.5 Å². The summed E-state index contributed by atoms with van der Waals surface area (Å²) in [7, 11) is 0. The number of furan rings is 1. The summed E-state index contributed by atoms with van der Waals surface area (Å²) >= 11 is 1.57. The molecular formula is C18H20N4O3S. The molecule has 8 heteroatoms. The van der Waals surface area contributed by atoms with E-state index in [1.54, 1.807) is 24.1 Å². The van der Waals surface area contributed by atoms with E-state index in [0.717, 1.165) is 23.1 Å². The summed E-state index contributed by atoms with van der Waals surface area (Å²) in [6, 6.07) is 13.3. The number of primary amides is 1. The SMILES string of the molecule is NC(=O)CCn1c(SCCCOc2ccccc2)nnc1-c1ccco1. The van der Waals surface area contributed by atoms with Crippen molar-refractivity contribution in [2.75, 3.05) is 12.4 Å². The van der Waals surface area contributed by atoms with Gasteiger partial charge in [-0.1, -0.05) is 30.0 Å². The average molecular weight is 372 g/mol. The quantitative estimate of drug-likeness (QED) is 0.434. The van der Waals surface area contributed by atoms with Gasteiger partial charge in [0.25, 0.3) is 0 Å². The number of aromatic nitrogens is 3. The van der Waals surface area contributed by atoms with Gasteiger partial charge in [0.2, 0.25) is 5.91 Å². The average Bonchev–Trinajstić information content (AvgIpc) is 3.30. The monoisotopic (exact) mass is 372 g/mol. The second kappa shape index (κ2) is 9.10. The summed E-state index contributed by atoms with van der Waals surface area (Å²) in [5.74, 6) is 2.53. The molecule has 26 heavy (non-hydrogen) atoms. The first-order chi connectivity index (χ1) is 12.7. The molecule has 0 spiro atoms. The van der Waals surface area contributed by atoms with Crippen molar-refractivity contribution in [1.82, 2.24) is 14.8 Å². The predicted octanol–water partition coefficient (Wildman–Crippen LogP) is 2.97. The van der Waals surface area contributed by atoms with Crippen molar-refractivity contribution in [3.63, 3.8) is 0 Å². The van der Waals surface area contributed by atoms with Crippen molar-refractivity contribution >= 4 is 17.7 Å². The first-order valence-electron chi connectivity index (χ1n) is 8.30. The number of carbonyl (C=O) groups is 1. The number of nitrogens with two attached hydrogens (primary N) is 1. The highest BCUT2D eigenvalue weighted by Crippen LogP contribution is 2.25. The van der Waals surface area contributed by atoms with Gasteiger partial charge < -0.3 is 14.9 Å². The number of nitrogens with zero attached hydrogens (tertiary/aromatic N) is 3. The second-order valence-electron chi connectivity index (χ2n) is 5.51. The lowest BCUT2D eigenvalue weighted by Crippen LogP contribution is -2.15. The molecule has 2 aromatic heterocycles. The minimum atomic E-state index is -0.365. The molecule has 0 aliphatic carbocycles. The van der Waals surface area contributed by atoms with Gasteiger partial charge >= 0.3 is 0 Å². The van der Waals surface area contributed by atoms with Gasteiger partial charge in [0.1, 0.15) is 5.75 Å². The van der Waals surface area contributed by atoms with E-state index in [-0.39, 0.29) is 12.3 Å². The Hall–Kier alpha value is -2.74. The standard InChI is InChI=1S/C18H20N4O3S/c19-16(23)9-10-22-17(15-8-4-11-25-15)20-21-18(22)26-13-5-12-24-14-6-2-1-3-7-14/h1-4,6-8,11H,5,9-10,12-13H2,(H2,19,23). The zero-order valence-electron chi connectivity index (χ0n) is 14.2. The Bertz CT molecular complexity index is 818. The Morgan fingerprint density at radius 1 is 1.19 bits per heavy atom. The molecule has 0 saturated heterocycles. The van der Waals surface area contributed by atoms with Crippen LogP contribution >= 0.6 is 11.8 Å². The van der Waals surface area contributed by atoms with Crippen LogP contribution in [0.15, 0.2) is 58.3 Å². The van der Waals surface area contributed by atoms with Gasteiger partial charge in [0.05, 0.1) is 12.9 Å². The Morgan fingerprint density at radius 2 is 2.04 bits per heavy atom. The molecule has 1 aromatic carbocycles. The Morgan fingerprint density at radius 3 is 2.77 bits per heavy atom. The van der Waals surface area contributed by atoms with E-state index in [4.69, 9.17) is 14.9 Å². The molecular weight excluding hydrogens is 352 g/mol. The normalized spacial score (nSPS) is 10.8. The first kappa shape index (κ1) is 18.1. The molecule has 136 valence electrons. The Labute approximate surface area is 155 Å². The van der Waals surface area contributed by atoms with Crippen molar-refractivity contribution < 1.29 is 13.9 Å². The number of hydrogen-bond donors (Lipinski definition) is 1. The largest absolute Gasteiger partial charge is 0.494 e. The number of thioether (sulfide) groups is 1. The summed E-state index contributed by atoms with van der Waals surface area (Å²) in [4.78, 5) is 11.2. The maximum Gasteiger partial charge on any atom is 0.219 e. The molecule has 0 saturated carbocycles. The summed E-state index contributed by atoms with van der Waals surface area (Å²) < 4.78 is 13.0. The third-order valence-corrected chi connectivity index (χ3v) is 4.63. The van der Waals surface area contributed by atoms with Gasteiger partial charge in [0.15, 0.2) is 16.7 Å². The number of hydrogen-bond acceptors (Lipinski definition) is 6. The zero-order valence-corrected chi connectivity index (χ0v) is 15.0. The van der Waals surface area contributed by atoms with Crippen LogP contribution in [0, 0.1) is 0 Å². The van der Waals surface area contributed by atoms with Crippen LogP contribution in [0.25, 0.3) is 11.6 Å². The van der Waals surface area contributed by atoms with E-state index < -0.39 is 0 Å². The van der Waals surface area contributed by atoms with Gasteiger partial charge in [-0.05, 0) is 30.7 Å². The van der Waals surface area contributed by atoms with Gasteiger partial charge in [0, 0.05) is 18.7 Å². The molecule has 3 aromatic rings. The molecule has 7 nitrogen and oxygen atoms in total. The third kappa shape index (κ3) is 4.89. The maximum absolute atomic E-state index is 11.2. The minimum absolute atomic E-state index is 0.219. The zero-order chi connectivity index (χ0) is 18.2. The van der Waals surface area contributed by atoms with E-state index in [2.05, 4.69) is 10.2 Å². The molecule has 0 aliphatic heterocycles. The van der Waals surface area contributed by atoms with Crippen LogP contribution in [0.2, 0.25) is 0 Å². The van der Waals surface area contributed by atoms with Gasteiger partial charge in [-0.3, -0.25) is 9.36 Å². The Kier molecular flexibility index (Phi) is 6.32. The number of benzene rings is 1. The lowest BCUT2D eigenvalue weighted by molar-refractivity contribution is -0.118. The predicted molar refractivity (Wildman–Crippen MR) is 98.8 cm³/mol. The van der Waals surface area contributed by atoms with Crippen LogP contribution in [0.5, 0.6) is 5.75 Å². The summed E-state index contributed by atoms with van der Waals surface area (Å²) in [6.07, 6.45) is 2.66.